The molecule has 0 radical (unpaired) electrons. The van der Waals surface area contributed by atoms with Crippen LogP contribution in [0, 0.1) is 3.57 Å². The molecule has 1 N–H and O–H groups in total. The maximum absolute atomic E-state index is 12.1. The Morgan fingerprint density at radius 3 is 2.67 bits per heavy atom. The van der Waals surface area contributed by atoms with E-state index in [9.17, 15) is 4.79 Å². The first kappa shape index (κ1) is 15.8. The van der Waals surface area contributed by atoms with Gasteiger partial charge < -0.3 is 14.5 Å². The summed E-state index contributed by atoms with van der Waals surface area (Å²) >= 11 is 2.03. The normalized spacial score (nSPS) is 10.5. The Labute approximate surface area is 136 Å². The van der Waals surface area contributed by atoms with Crippen LogP contribution in [0.1, 0.15) is 19.0 Å². The maximum atomic E-state index is 12.1. The van der Waals surface area contributed by atoms with Crippen LogP contribution in [-0.2, 0) is 6.42 Å². The van der Waals surface area contributed by atoms with E-state index in [4.69, 9.17) is 9.47 Å². The zero-order chi connectivity index (χ0) is 15.4. The summed E-state index contributed by atoms with van der Waals surface area (Å²) in [5, 5.41) is 0. The van der Waals surface area contributed by atoms with Gasteiger partial charge in [-0.05, 0) is 41.1 Å². The Morgan fingerprint density at radius 1 is 1.29 bits per heavy atom. The van der Waals surface area contributed by atoms with Crippen LogP contribution in [-0.4, -0.2) is 24.2 Å². The summed E-state index contributed by atoms with van der Waals surface area (Å²) < 4.78 is 11.3. The van der Waals surface area contributed by atoms with Crippen LogP contribution in [0.5, 0.6) is 11.5 Å². The molecule has 0 aliphatic rings. The van der Waals surface area contributed by atoms with Gasteiger partial charge in [-0.25, -0.2) is 4.98 Å². The van der Waals surface area contributed by atoms with Crippen molar-refractivity contribution in [3.8, 4) is 22.9 Å². The molecule has 1 aromatic heterocycles. The van der Waals surface area contributed by atoms with E-state index in [-0.39, 0.29) is 5.56 Å². The van der Waals surface area contributed by atoms with Crippen molar-refractivity contribution in [2.45, 2.75) is 19.8 Å². The lowest BCUT2D eigenvalue weighted by atomic mass is 10.1. The molecule has 21 heavy (non-hydrogen) atoms. The molecule has 0 unspecified atom stereocenters. The molecule has 1 aromatic carbocycles. The molecule has 6 heteroatoms. The second kappa shape index (κ2) is 6.93. The molecule has 2 rings (SSSR count). The number of hydrogen-bond donors (Lipinski definition) is 1. The lowest BCUT2D eigenvalue weighted by molar-refractivity contribution is 0.356. The van der Waals surface area contributed by atoms with Crippen molar-refractivity contribution in [1.29, 1.82) is 0 Å². The second-order valence-electron chi connectivity index (χ2n) is 4.47. The predicted octanol–water partition coefficient (Wildman–Crippen LogP) is 3.01. The average Bonchev–Trinajstić information content (AvgIpc) is 2.50. The van der Waals surface area contributed by atoms with Crippen LogP contribution in [0.2, 0.25) is 0 Å². The summed E-state index contributed by atoms with van der Waals surface area (Å²) in [6.07, 6.45) is 1.70. The van der Waals surface area contributed by atoms with E-state index < -0.39 is 0 Å². The van der Waals surface area contributed by atoms with Crippen LogP contribution < -0.4 is 15.0 Å². The summed E-state index contributed by atoms with van der Waals surface area (Å²) in [6.45, 7) is 2.06. The first-order chi connectivity index (χ1) is 10.1. The van der Waals surface area contributed by atoms with Crippen molar-refractivity contribution >= 4 is 22.6 Å². The summed E-state index contributed by atoms with van der Waals surface area (Å²) in [4.78, 5) is 19.5. The Balaban J connectivity index is 2.64. The number of hydrogen-bond acceptors (Lipinski definition) is 4. The molecule has 0 aliphatic heterocycles. The highest BCUT2D eigenvalue weighted by Gasteiger charge is 2.16. The Bertz CT molecular complexity index is 698. The Morgan fingerprint density at radius 2 is 2.05 bits per heavy atom. The van der Waals surface area contributed by atoms with Crippen LogP contribution >= 0.6 is 22.6 Å². The molecular formula is C15H17IN2O3. The van der Waals surface area contributed by atoms with Crippen LogP contribution in [0.3, 0.4) is 0 Å². The maximum Gasteiger partial charge on any atom is 0.264 e. The molecule has 112 valence electrons. The van der Waals surface area contributed by atoms with Gasteiger partial charge >= 0.3 is 0 Å². The van der Waals surface area contributed by atoms with Crippen LogP contribution in [0.15, 0.2) is 23.0 Å². The smallest absolute Gasteiger partial charge is 0.264 e. The van der Waals surface area contributed by atoms with Crippen molar-refractivity contribution in [3.63, 3.8) is 0 Å². The van der Waals surface area contributed by atoms with Gasteiger partial charge in [0.15, 0.2) is 11.5 Å². The number of para-hydroxylation sites is 1. The highest BCUT2D eigenvalue weighted by atomic mass is 127. The number of nitrogens with one attached hydrogen (secondary N) is 1. The van der Waals surface area contributed by atoms with Crippen LogP contribution in [0.25, 0.3) is 11.4 Å². The van der Waals surface area contributed by atoms with Gasteiger partial charge in [0.05, 0.1) is 29.0 Å². The summed E-state index contributed by atoms with van der Waals surface area (Å²) in [5.74, 6) is 1.67. The van der Waals surface area contributed by atoms with E-state index in [1.54, 1.807) is 20.3 Å². The van der Waals surface area contributed by atoms with Gasteiger partial charge in [-0.15, -0.1) is 0 Å². The fourth-order valence-corrected chi connectivity index (χ4v) is 2.63. The van der Waals surface area contributed by atoms with Gasteiger partial charge in [-0.1, -0.05) is 19.4 Å². The highest BCUT2D eigenvalue weighted by Crippen LogP contribution is 2.36. The highest BCUT2D eigenvalue weighted by molar-refractivity contribution is 14.1. The predicted molar refractivity (Wildman–Crippen MR) is 90.1 cm³/mol. The molecule has 0 atom stereocenters. The van der Waals surface area contributed by atoms with Crippen molar-refractivity contribution in [1.82, 2.24) is 9.97 Å². The van der Waals surface area contributed by atoms with E-state index in [2.05, 4.69) is 16.9 Å². The first-order valence-electron chi connectivity index (χ1n) is 6.62. The number of H-pyrrole nitrogens is 1. The molecule has 0 fully saturated rings. The number of nitrogens with zero attached hydrogens (tertiary/aromatic N) is 1. The number of methoxy groups -OCH3 is 2. The summed E-state index contributed by atoms with van der Waals surface area (Å²) in [6, 6.07) is 5.50. The zero-order valence-electron chi connectivity index (χ0n) is 12.2. The van der Waals surface area contributed by atoms with E-state index in [1.165, 1.54) is 0 Å². The minimum absolute atomic E-state index is 0.131. The van der Waals surface area contributed by atoms with Gasteiger partial charge in [0, 0.05) is 0 Å². The quantitative estimate of drug-likeness (QED) is 0.784. The lowest BCUT2D eigenvalue weighted by Crippen LogP contribution is -2.16. The van der Waals surface area contributed by atoms with E-state index in [0.29, 0.717) is 26.5 Å². The van der Waals surface area contributed by atoms with Gasteiger partial charge in [0.1, 0.15) is 5.82 Å². The lowest BCUT2D eigenvalue weighted by Gasteiger charge is -2.13. The number of halogens is 1. The number of benzene rings is 1. The number of aromatic nitrogens is 2. The molecule has 0 amide bonds. The minimum Gasteiger partial charge on any atom is -0.493 e. The third-order valence-electron chi connectivity index (χ3n) is 3.08. The fourth-order valence-electron chi connectivity index (χ4n) is 2.11. The van der Waals surface area contributed by atoms with Gasteiger partial charge in [0.2, 0.25) is 0 Å². The molecule has 0 aliphatic carbocycles. The standard InChI is InChI=1S/C15H17IN2O3/c1-4-6-10-12(16)15(19)18-14(17-10)9-7-5-8-11(20-2)13(9)21-3/h5,7-8H,4,6H2,1-3H3,(H,17,18,19). The van der Waals surface area contributed by atoms with E-state index in [0.717, 1.165) is 18.5 Å². The number of aryl methyl sites for hydroxylation is 1. The number of rotatable bonds is 5. The third kappa shape index (κ3) is 3.20. The molecule has 0 saturated carbocycles. The number of aromatic amines is 1. The summed E-state index contributed by atoms with van der Waals surface area (Å²) in [7, 11) is 3.15. The monoisotopic (exact) mass is 400 g/mol. The molecular weight excluding hydrogens is 383 g/mol. The van der Waals surface area contributed by atoms with Crippen LogP contribution in [0.4, 0.5) is 0 Å². The first-order valence-corrected chi connectivity index (χ1v) is 7.70. The fraction of sp³-hybridized carbons (Fsp3) is 0.333. The van der Waals surface area contributed by atoms with Crippen molar-refractivity contribution in [2.75, 3.05) is 14.2 Å². The zero-order valence-corrected chi connectivity index (χ0v) is 14.4. The van der Waals surface area contributed by atoms with Gasteiger partial charge in [-0.3, -0.25) is 4.79 Å². The minimum atomic E-state index is -0.131. The topological polar surface area (TPSA) is 64.2 Å². The third-order valence-corrected chi connectivity index (χ3v) is 4.19. The molecule has 1 heterocycles. The SMILES string of the molecule is CCCc1nc(-c2cccc(OC)c2OC)[nH]c(=O)c1I. The Hall–Kier alpha value is -1.57. The van der Waals surface area contributed by atoms with E-state index >= 15 is 0 Å². The molecule has 5 nitrogen and oxygen atoms in total. The van der Waals surface area contributed by atoms with Crippen molar-refractivity contribution in [2.24, 2.45) is 0 Å². The van der Waals surface area contributed by atoms with Crippen molar-refractivity contribution < 1.29 is 9.47 Å². The van der Waals surface area contributed by atoms with E-state index in [1.807, 2.05) is 34.7 Å². The van der Waals surface area contributed by atoms with Gasteiger partial charge in [0.25, 0.3) is 5.56 Å². The van der Waals surface area contributed by atoms with Crippen molar-refractivity contribution in [3.05, 3.63) is 37.8 Å². The molecule has 0 spiro atoms. The molecule has 0 bridgehead atoms. The second-order valence-corrected chi connectivity index (χ2v) is 5.55. The number of ether oxygens (including phenoxy) is 2. The molecule has 0 saturated heterocycles. The average molecular weight is 400 g/mol. The Kier molecular flexibility index (Phi) is 5.22. The van der Waals surface area contributed by atoms with Gasteiger partial charge in [-0.2, -0.15) is 0 Å². The largest absolute Gasteiger partial charge is 0.493 e. The summed E-state index contributed by atoms with van der Waals surface area (Å²) in [5.41, 5.74) is 1.39. The molecule has 2 aromatic rings.